The summed E-state index contributed by atoms with van der Waals surface area (Å²) in [5.74, 6) is 0.642. The summed E-state index contributed by atoms with van der Waals surface area (Å²) in [5.41, 5.74) is 3.04. The highest BCUT2D eigenvalue weighted by Crippen LogP contribution is 2.26. The summed E-state index contributed by atoms with van der Waals surface area (Å²) in [5, 5.41) is 8.76. The van der Waals surface area contributed by atoms with Gasteiger partial charge in [0.1, 0.15) is 0 Å². The molecule has 1 aromatic carbocycles. The topological polar surface area (TPSA) is 59.0 Å². The lowest BCUT2D eigenvalue weighted by molar-refractivity contribution is 0.0759. The SMILES string of the molecule is O=C(c1ccnnc1)N1CCC[C@@H](Cc2cccc3cccnc23)CC1. The third-order valence-corrected chi connectivity index (χ3v) is 5.19. The monoisotopic (exact) mass is 346 g/mol. The maximum atomic E-state index is 12.6. The molecule has 0 radical (unpaired) electrons. The van der Waals surface area contributed by atoms with E-state index in [2.05, 4.69) is 39.4 Å². The van der Waals surface area contributed by atoms with Gasteiger partial charge in [-0.25, -0.2) is 0 Å². The Morgan fingerprint density at radius 1 is 1.04 bits per heavy atom. The second-order valence-corrected chi connectivity index (χ2v) is 6.92. The highest BCUT2D eigenvalue weighted by Gasteiger charge is 2.22. The molecule has 1 atom stereocenters. The first kappa shape index (κ1) is 16.6. The van der Waals surface area contributed by atoms with Crippen LogP contribution in [-0.4, -0.2) is 39.1 Å². The minimum Gasteiger partial charge on any atom is -0.339 e. The number of nitrogens with zero attached hydrogens (tertiary/aromatic N) is 4. The van der Waals surface area contributed by atoms with Crippen molar-refractivity contribution in [1.29, 1.82) is 0 Å². The minimum absolute atomic E-state index is 0.0624. The Kier molecular flexibility index (Phi) is 4.86. The van der Waals surface area contributed by atoms with Crippen molar-refractivity contribution in [3.8, 4) is 0 Å². The van der Waals surface area contributed by atoms with Crippen LogP contribution in [-0.2, 0) is 6.42 Å². The molecule has 1 fully saturated rings. The Hall–Kier alpha value is -2.82. The molecule has 4 rings (SSSR count). The Morgan fingerprint density at radius 2 is 1.96 bits per heavy atom. The van der Waals surface area contributed by atoms with E-state index in [9.17, 15) is 4.79 Å². The van der Waals surface area contributed by atoms with Crippen molar-refractivity contribution in [3.63, 3.8) is 0 Å². The van der Waals surface area contributed by atoms with E-state index in [1.807, 2.05) is 17.2 Å². The predicted octanol–water partition coefficient (Wildman–Crippen LogP) is 3.51. The second kappa shape index (κ2) is 7.60. The average Bonchev–Trinajstić information content (AvgIpc) is 2.94. The molecule has 26 heavy (non-hydrogen) atoms. The van der Waals surface area contributed by atoms with Gasteiger partial charge in [-0.3, -0.25) is 9.78 Å². The first-order valence-electron chi connectivity index (χ1n) is 9.20. The van der Waals surface area contributed by atoms with Gasteiger partial charge in [0.15, 0.2) is 0 Å². The molecule has 1 aliphatic rings. The number of pyridine rings is 1. The largest absolute Gasteiger partial charge is 0.339 e. The van der Waals surface area contributed by atoms with E-state index in [1.165, 1.54) is 10.9 Å². The molecule has 0 N–H and O–H groups in total. The van der Waals surface area contributed by atoms with Crippen molar-refractivity contribution < 1.29 is 4.79 Å². The average molecular weight is 346 g/mol. The van der Waals surface area contributed by atoms with Crippen LogP contribution in [0.5, 0.6) is 0 Å². The van der Waals surface area contributed by atoms with Crippen LogP contribution in [0.4, 0.5) is 0 Å². The van der Waals surface area contributed by atoms with Gasteiger partial charge in [0.25, 0.3) is 5.91 Å². The normalized spacial score (nSPS) is 17.8. The summed E-state index contributed by atoms with van der Waals surface area (Å²) >= 11 is 0. The lowest BCUT2D eigenvalue weighted by atomic mass is 9.91. The lowest BCUT2D eigenvalue weighted by Gasteiger charge is -2.20. The Bertz CT molecular complexity index is 891. The summed E-state index contributed by atoms with van der Waals surface area (Å²) in [6.45, 7) is 1.61. The summed E-state index contributed by atoms with van der Waals surface area (Å²) < 4.78 is 0. The van der Waals surface area contributed by atoms with Gasteiger partial charge in [0.05, 0.1) is 23.5 Å². The van der Waals surface area contributed by atoms with Gasteiger partial charge < -0.3 is 4.90 Å². The fourth-order valence-corrected chi connectivity index (χ4v) is 3.82. The number of para-hydroxylation sites is 1. The van der Waals surface area contributed by atoms with Crippen molar-refractivity contribution >= 4 is 16.8 Å². The molecule has 1 aliphatic heterocycles. The molecule has 0 bridgehead atoms. The van der Waals surface area contributed by atoms with E-state index in [0.717, 1.165) is 44.3 Å². The molecule has 0 aliphatic carbocycles. The molecule has 3 aromatic rings. The molecule has 5 nitrogen and oxygen atoms in total. The molecule has 132 valence electrons. The van der Waals surface area contributed by atoms with Gasteiger partial charge in [-0.05, 0) is 49.3 Å². The molecular weight excluding hydrogens is 324 g/mol. The van der Waals surface area contributed by atoms with Crippen molar-refractivity contribution in [1.82, 2.24) is 20.1 Å². The number of hydrogen-bond donors (Lipinski definition) is 0. The van der Waals surface area contributed by atoms with Crippen LogP contribution >= 0.6 is 0 Å². The maximum absolute atomic E-state index is 12.6. The van der Waals surface area contributed by atoms with Gasteiger partial charge in [-0.15, -0.1) is 0 Å². The number of amides is 1. The summed E-state index contributed by atoms with van der Waals surface area (Å²) in [6, 6.07) is 12.2. The first-order valence-corrected chi connectivity index (χ1v) is 9.20. The third-order valence-electron chi connectivity index (χ3n) is 5.19. The van der Waals surface area contributed by atoms with Gasteiger partial charge >= 0.3 is 0 Å². The molecular formula is C21H22N4O. The highest BCUT2D eigenvalue weighted by molar-refractivity contribution is 5.93. The van der Waals surface area contributed by atoms with E-state index >= 15 is 0 Å². The molecule has 0 saturated carbocycles. The smallest absolute Gasteiger partial charge is 0.255 e. The minimum atomic E-state index is 0.0624. The quantitative estimate of drug-likeness (QED) is 0.728. The predicted molar refractivity (Wildman–Crippen MR) is 101 cm³/mol. The molecule has 1 saturated heterocycles. The van der Waals surface area contributed by atoms with E-state index in [-0.39, 0.29) is 5.91 Å². The zero-order chi connectivity index (χ0) is 17.8. The molecule has 1 amide bonds. The van der Waals surface area contributed by atoms with Crippen molar-refractivity contribution in [2.75, 3.05) is 13.1 Å². The standard InChI is InChI=1S/C21H22N4O/c26-21(19-8-11-23-24-15-19)25-12-3-4-16(9-13-25)14-18-6-1-5-17-7-2-10-22-20(17)18/h1-2,5-8,10-11,15-16H,3-4,9,12-14H2/t16-/m1/s1. The highest BCUT2D eigenvalue weighted by atomic mass is 16.2. The number of likely N-dealkylation sites (tertiary alicyclic amines) is 1. The van der Waals surface area contributed by atoms with Crippen LogP contribution in [0.1, 0.15) is 35.2 Å². The summed E-state index contributed by atoms with van der Waals surface area (Å²) in [4.78, 5) is 19.2. The van der Waals surface area contributed by atoms with Crippen LogP contribution in [0.25, 0.3) is 10.9 Å². The van der Waals surface area contributed by atoms with Gasteiger partial charge in [-0.1, -0.05) is 24.3 Å². The van der Waals surface area contributed by atoms with Crippen molar-refractivity contribution in [3.05, 3.63) is 66.1 Å². The third kappa shape index (κ3) is 3.57. The molecule has 0 unspecified atom stereocenters. The number of rotatable bonds is 3. The number of fused-ring (bicyclic) bond motifs is 1. The first-order chi connectivity index (χ1) is 12.8. The molecule has 5 heteroatoms. The van der Waals surface area contributed by atoms with E-state index in [4.69, 9.17) is 0 Å². The van der Waals surface area contributed by atoms with Gasteiger partial charge in [-0.2, -0.15) is 10.2 Å². The zero-order valence-electron chi connectivity index (χ0n) is 14.7. The zero-order valence-corrected chi connectivity index (χ0v) is 14.7. The number of hydrogen-bond acceptors (Lipinski definition) is 4. The number of carbonyl (C=O) groups is 1. The molecule has 3 heterocycles. The van der Waals surface area contributed by atoms with Crippen molar-refractivity contribution in [2.45, 2.75) is 25.7 Å². The Morgan fingerprint density at radius 3 is 2.85 bits per heavy atom. The van der Waals surface area contributed by atoms with E-state index in [1.54, 1.807) is 18.5 Å². The van der Waals surface area contributed by atoms with Crippen molar-refractivity contribution in [2.24, 2.45) is 5.92 Å². The Labute approximate surface area is 153 Å². The number of carbonyl (C=O) groups excluding carboxylic acids is 1. The Balaban J connectivity index is 1.45. The maximum Gasteiger partial charge on any atom is 0.255 e. The molecule has 0 spiro atoms. The fourth-order valence-electron chi connectivity index (χ4n) is 3.82. The van der Waals surface area contributed by atoms with E-state index < -0.39 is 0 Å². The van der Waals surface area contributed by atoms with Crippen LogP contribution in [0.15, 0.2) is 55.0 Å². The fraction of sp³-hybridized carbons (Fsp3) is 0.333. The van der Waals surface area contributed by atoms with Crippen LogP contribution in [0.3, 0.4) is 0 Å². The van der Waals surface area contributed by atoms with Crippen LogP contribution in [0.2, 0.25) is 0 Å². The lowest BCUT2D eigenvalue weighted by Crippen LogP contribution is -2.32. The van der Waals surface area contributed by atoms with Crippen LogP contribution < -0.4 is 0 Å². The summed E-state index contributed by atoms with van der Waals surface area (Å²) in [7, 11) is 0. The number of benzene rings is 1. The second-order valence-electron chi connectivity index (χ2n) is 6.92. The summed E-state index contributed by atoms with van der Waals surface area (Å²) in [6.07, 6.45) is 9.20. The van der Waals surface area contributed by atoms with Crippen LogP contribution in [0, 0.1) is 5.92 Å². The van der Waals surface area contributed by atoms with Gasteiger partial charge in [0, 0.05) is 24.7 Å². The molecule has 2 aromatic heterocycles. The number of aromatic nitrogens is 3. The van der Waals surface area contributed by atoms with E-state index in [0.29, 0.717) is 11.5 Å². The van der Waals surface area contributed by atoms with Gasteiger partial charge in [0.2, 0.25) is 0 Å².